The van der Waals surface area contributed by atoms with E-state index in [0.29, 0.717) is 12.6 Å². The van der Waals surface area contributed by atoms with Gasteiger partial charge in [0.2, 0.25) is 0 Å². The summed E-state index contributed by atoms with van der Waals surface area (Å²) < 4.78 is 1.78. The Bertz CT molecular complexity index is 257. The summed E-state index contributed by atoms with van der Waals surface area (Å²) in [6.45, 7) is 3.54. The van der Waals surface area contributed by atoms with Crippen LogP contribution in [0.5, 0.6) is 0 Å². The molecule has 5 heteroatoms. The molecule has 74 valence electrons. The van der Waals surface area contributed by atoms with Crippen LogP contribution >= 0.6 is 0 Å². The lowest BCUT2D eigenvalue weighted by Gasteiger charge is -2.22. The number of likely N-dealkylation sites (N-methyl/N-ethyl adjacent to an activating group) is 1. The number of hydrogen-bond donors (Lipinski definition) is 1. The zero-order chi connectivity index (χ0) is 9.84. The minimum atomic E-state index is 0.372. The third-order valence-corrected chi connectivity index (χ3v) is 2.29. The van der Waals surface area contributed by atoms with Crippen LogP contribution < -0.4 is 5.73 Å². The third kappa shape index (κ3) is 2.50. The van der Waals surface area contributed by atoms with Crippen LogP contribution in [0.25, 0.3) is 0 Å². The summed E-state index contributed by atoms with van der Waals surface area (Å²) in [6, 6.07) is 0.372. The van der Waals surface area contributed by atoms with Crippen molar-refractivity contribution in [3.05, 3.63) is 12.2 Å². The lowest BCUT2D eigenvalue weighted by molar-refractivity contribution is 0.245. The van der Waals surface area contributed by atoms with Crippen molar-refractivity contribution in [1.29, 1.82) is 0 Å². The molecule has 0 aromatic carbocycles. The van der Waals surface area contributed by atoms with Gasteiger partial charge in [0.1, 0.15) is 12.2 Å². The molecule has 0 aliphatic heterocycles. The summed E-state index contributed by atoms with van der Waals surface area (Å²) in [7, 11) is 3.93. The van der Waals surface area contributed by atoms with Crippen LogP contribution in [0.4, 0.5) is 0 Å². The van der Waals surface area contributed by atoms with E-state index in [1.54, 1.807) is 11.0 Å². The molecule has 0 spiro atoms. The second kappa shape index (κ2) is 4.34. The molecule has 0 aliphatic carbocycles. The molecule has 0 radical (unpaired) electrons. The Morgan fingerprint density at radius 1 is 1.69 bits per heavy atom. The van der Waals surface area contributed by atoms with Crippen molar-refractivity contribution in [1.82, 2.24) is 19.7 Å². The fourth-order valence-electron chi connectivity index (χ4n) is 1.02. The van der Waals surface area contributed by atoms with Gasteiger partial charge in [0.15, 0.2) is 0 Å². The summed E-state index contributed by atoms with van der Waals surface area (Å²) in [4.78, 5) is 6.30. The smallest absolute Gasteiger partial charge is 0.140 e. The largest absolute Gasteiger partial charge is 0.329 e. The van der Waals surface area contributed by atoms with Gasteiger partial charge in [-0.2, -0.15) is 5.10 Å². The fraction of sp³-hybridized carbons (Fsp3) is 0.750. The average molecular weight is 183 g/mol. The third-order valence-electron chi connectivity index (χ3n) is 2.29. The van der Waals surface area contributed by atoms with Gasteiger partial charge in [0.05, 0.1) is 6.54 Å². The van der Waals surface area contributed by atoms with Crippen molar-refractivity contribution in [2.45, 2.75) is 19.5 Å². The number of nitrogens with zero attached hydrogens (tertiary/aromatic N) is 4. The van der Waals surface area contributed by atoms with Gasteiger partial charge < -0.3 is 5.73 Å². The average Bonchev–Trinajstić information content (AvgIpc) is 2.50. The van der Waals surface area contributed by atoms with E-state index in [4.69, 9.17) is 5.73 Å². The molecule has 1 atom stereocenters. The number of nitrogens with two attached hydrogens (primary N) is 1. The highest BCUT2D eigenvalue weighted by atomic mass is 15.3. The summed E-state index contributed by atoms with van der Waals surface area (Å²) in [5.41, 5.74) is 5.56. The predicted octanol–water partition coefficient (Wildman–Crippen LogP) is -0.406. The Labute approximate surface area is 78.5 Å². The molecule has 0 amide bonds. The fourth-order valence-corrected chi connectivity index (χ4v) is 1.02. The van der Waals surface area contributed by atoms with Gasteiger partial charge in [-0.1, -0.05) is 0 Å². The SMILES string of the molecule is CC(CN)N(C)Cc1ncnn1C. The van der Waals surface area contributed by atoms with Crippen LogP contribution in [0.15, 0.2) is 6.33 Å². The van der Waals surface area contributed by atoms with E-state index in [-0.39, 0.29) is 0 Å². The molecule has 0 saturated heterocycles. The maximum Gasteiger partial charge on any atom is 0.140 e. The Balaban J connectivity index is 2.54. The van der Waals surface area contributed by atoms with E-state index in [9.17, 15) is 0 Å². The molecule has 0 bridgehead atoms. The molecule has 1 aromatic rings. The minimum Gasteiger partial charge on any atom is -0.329 e. The maximum atomic E-state index is 5.56. The molecule has 0 saturated carbocycles. The molecular weight excluding hydrogens is 166 g/mol. The van der Waals surface area contributed by atoms with Gasteiger partial charge in [-0.3, -0.25) is 9.58 Å². The highest BCUT2D eigenvalue weighted by Gasteiger charge is 2.09. The summed E-state index contributed by atoms with van der Waals surface area (Å²) in [6.07, 6.45) is 1.57. The molecule has 2 N–H and O–H groups in total. The molecule has 1 unspecified atom stereocenters. The second-order valence-corrected chi connectivity index (χ2v) is 3.30. The first-order valence-electron chi connectivity index (χ1n) is 4.38. The molecule has 1 aromatic heterocycles. The lowest BCUT2D eigenvalue weighted by Crippen LogP contribution is -2.35. The highest BCUT2D eigenvalue weighted by Crippen LogP contribution is 2.00. The highest BCUT2D eigenvalue weighted by molar-refractivity contribution is 4.83. The van der Waals surface area contributed by atoms with Crippen molar-refractivity contribution in [3.63, 3.8) is 0 Å². The van der Waals surface area contributed by atoms with Gasteiger partial charge in [-0.05, 0) is 14.0 Å². The van der Waals surface area contributed by atoms with Crippen molar-refractivity contribution in [2.75, 3.05) is 13.6 Å². The van der Waals surface area contributed by atoms with Crippen molar-refractivity contribution in [2.24, 2.45) is 12.8 Å². The van der Waals surface area contributed by atoms with Crippen LogP contribution in [0.3, 0.4) is 0 Å². The molecular formula is C8H17N5. The molecule has 1 heterocycles. The maximum absolute atomic E-state index is 5.56. The van der Waals surface area contributed by atoms with Crippen LogP contribution in [0, 0.1) is 0 Å². The van der Waals surface area contributed by atoms with E-state index in [1.807, 2.05) is 14.1 Å². The van der Waals surface area contributed by atoms with Gasteiger partial charge in [-0.15, -0.1) is 0 Å². The van der Waals surface area contributed by atoms with Crippen LogP contribution in [-0.2, 0) is 13.6 Å². The van der Waals surface area contributed by atoms with Crippen LogP contribution in [0.2, 0.25) is 0 Å². The van der Waals surface area contributed by atoms with E-state index >= 15 is 0 Å². The summed E-state index contributed by atoms with van der Waals surface area (Å²) in [5.74, 6) is 0.961. The molecule has 13 heavy (non-hydrogen) atoms. The molecule has 1 rings (SSSR count). The first-order valence-corrected chi connectivity index (χ1v) is 4.38. The first kappa shape index (κ1) is 10.1. The number of rotatable bonds is 4. The number of hydrogen-bond acceptors (Lipinski definition) is 4. The van der Waals surface area contributed by atoms with Crippen molar-refractivity contribution in [3.8, 4) is 0 Å². The Morgan fingerprint density at radius 2 is 2.38 bits per heavy atom. The first-order chi connectivity index (χ1) is 6.15. The van der Waals surface area contributed by atoms with E-state index in [2.05, 4.69) is 21.9 Å². The van der Waals surface area contributed by atoms with Crippen LogP contribution in [0.1, 0.15) is 12.7 Å². The Hall–Kier alpha value is -0.940. The van der Waals surface area contributed by atoms with Gasteiger partial charge >= 0.3 is 0 Å². The van der Waals surface area contributed by atoms with Gasteiger partial charge in [-0.25, -0.2) is 4.98 Å². The summed E-state index contributed by atoms with van der Waals surface area (Å²) in [5, 5.41) is 4.00. The zero-order valence-corrected chi connectivity index (χ0v) is 8.44. The standard InChI is InChI=1S/C8H17N5/c1-7(4-9)12(2)5-8-10-6-11-13(8)3/h6-7H,4-5,9H2,1-3H3. The van der Waals surface area contributed by atoms with E-state index in [0.717, 1.165) is 12.4 Å². The normalized spacial score (nSPS) is 13.6. The Morgan fingerprint density at radius 3 is 2.85 bits per heavy atom. The predicted molar refractivity (Wildman–Crippen MR) is 51.0 cm³/mol. The number of aromatic nitrogens is 3. The van der Waals surface area contributed by atoms with Gasteiger partial charge in [0.25, 0.3) is 0 Å². The Kier molecular flexibility index (Phi) is 3.39. The van der Waals surface area contributed by atoms with Crippen molar-refractivity contribution >= 4 is 0 Å². The molecule has 0 fully saturated rings. The van der Waals surface area contributed by atoms with E-state index < -0.39 is 0 Å². The van der Waals surface area contributed by atoms with Gasteiger partial charge in [0, 0.05) is 19.6 Å². The zero-order valence-electron chi connectivity index (χ0n) is 8.44. The topological polar surface area (TPSA) is 60.0 Å². The summed E-state index contributed by atoms with van der Waals surface area (Å²) >= 11 is 0. The van der Waals surface area contributed by atoms with E-state index in [1.165, 1.54) is 0 Å². The van der Waals surface area contributed by atoms with Crippen molar-refractivity contribution < 1.29 is 0 Å². The lowest BCUT2D eigenvalue weighted by atomic mass is 10.3. The molecule has 0 aliphatic rings. The second-order valence-electron chi connectivity index (χ2n) is 3.30. The quantitative estimate of drug-likeness (QED) is 0.689. The monoisotopic (exact) mass is 183 g/mol. The number of aryl methyl sites for hydroxylation is 1. The molecule has 5 nitrogen and oxygen atoms in total. The minimum absolute atomic E-state index is 0.372. The van der Waals surface area contributed by atoms with Crippen LogP contribution in [-0.4, -0.2) is 39.3 Å².